The zero-order chi connectivity index (χ0) is 22.6. The van der Waals surface area contributed by atoms with Gasteiger partial charge in [0.05, 0.1) is 7.11 Å². The third-order valence-electron chi connectivity index (χ3n) is 7.80. The smallest absolute Gasteiger partial charge is 0.223 e. The number of likely N-dealkylation sites (tertiary alicyclic amines) is 1. The normalized spacial score (nSPS) is 18.0. The van der Waals surface area contributed by atoms with Gasteiger partial charge < -0.3 is 14.2 Å². The van der Waals surface area contributed by atoms with Crippen molar-refractivity contribution in [1.82, 2.24) is 9.47 Å². The minimum atomic E-state index is 0.306. The Kier molecular flexibility index (Phi) is 6.70. The molecule has 1 amide bonds. The van der Waals surface area contributed by atoms with Gasteiger partial charge in [-0.2, -0.15) is 0 Å². The Balaban J connectivity index is 1.49. The maximum absolute atomic E-state index is 13.3. The van der Waals surface area contributed by atoms with Crippen molar-refractivity contribution in [1.29, 1.82) is 0 Å². The first-order chi connectivity index (χ1) is 16.2. The molecule has 1 atom stereocenters. The molecule has 3 aromatic rings. The first kappa shape index (κ1) is 22.1. The minimum absolute atomic E-state index is 0.306. The molecular formula is C29H36N2O2. The summed E-state index contributed by atoms with van der Waals surface area (Å²) in [4.78, 5) is 15.4. The van der Waals surface area contributed by atoms with Crippen LogP contribution >= 0.6 is 0 Å². The number of methoxy groups -OCH3 is 1. The minimum Gasteiger partial charge on any atom is -0.497 e. The molecule has 1 unspecified atom stereocenters. The van der Waals surface area contributed by atoms with Crippen molar-refractivity contribution in [2.75, 3.05) is 20.2 Å². The first-order valence-corrected chi connectivity index (χ1v) is 12.7. The molecule has 1 saturated carbocycles. The molecule has 0 bridgehead atoms. The molecule has 0 N–H and O–H groups in total. The molecule has 1 aromatic heterocycles. The number of rotatable bonds is 7. The van der Waals surface area contributed by atoms with Gasteiger partial charge in [0.25, 0.3) is 0 Å². The molecule has 1 aliphatic heterocycles. The summed E-state index contributed by atoms with van der Waals surface area (Å²) in [7, 11) is 1.70. The Morgan fingerprint density at radius 3 is 2.42 bits per heavy atom. The Hall–Kier alpha value is -2.75. The fourth-order valence-corrected chi connectivity index (χ4v) is 5.98. The van der Waals surface area contributed by atoms with Crippen molar-refractivity contribution in [2.45, 2.75) is 63.8 Å². The van der Waals surface area contributed by atoms with Crippen LogP contribution in [0.5, 0.6) is 5.75 Å². The number of aromatic nitrogens is 1. The van der Waals surface area contributed by atoms with Crippen LogP contribution in [-0.4, -0.2) is 35.6 Å². The van der Waals surface area contributed by atoms with Gasteiger partial charge in [-0.3, -0.25) is 4.79 Å². The number of fused-ring (bicyclic) bond motifs is 1. The maximum atomic E-state index is 13.3. The number of carbonyl (C=O) groups excluding carboxylic acids is 1. The van der Waals surface area contributed by atoms with Crippen LogP contribution in [0, 0.1) is 5.92 Å². The number of ether oxygens (including phenoxy) is 1. The third-order valence-corrected chi connectivity index (χ3v) is 7.80. The molecule has 33 heavy (non-hydrogen) atoms. The molecular weight excluding hydrogens is 408 g/mol. The number of hydrogen-bond acceptors (Lipinski definition) is 2. The van der Waals surface area contributed by atoms with E-state index in [9.17, 15) is 4.79 Å². The van der Waals surface area contributed by atoms with E-state index < -0.39 is 0 Å². The van der Waals surface area contributed by atoms with E-state index in [1.54, 1.807) is 7.11 Å². The molecule has 4 heteroatoms. The Morgan fingerprint density at radius 1 is 0.970 bits per heavy atom. The van der Waals surface area contributed by atoms with Gasteiger partial charge in [-0.25, -0.2) is 0 Å². The first-order valence-electron chi connectivity index (χ1n) is 12.7. The average molecular weight is 445 g/mol. The summed E-state index contributed by atoms with van der Waals surface area (Å²) in [6, 6.07) is 17.1. The summed E-state index contributed by atoms with van der Waals surface area (Å²) in [6.07, 6.45) is 11.7. The highest BCUT2D eigenvalue weighted by Gasteiger charge is 2.31. The number of carbonyl (C=O) groups is 1. The highest BCUT2D eigenvalue weighted by molar-refractivity contribution is 5.86. The monoisotopic (exact) mass is 444 g/mol. The Morgan fingerprint density at radius 2 is 1.70 bits per heavy atom. The van der Waals surface area contributed by atoms with Crippen LogP contribution in [0.2, 0.25) is 0 Å². The number of amides is 1. The van der Waals surface area contributed by atoms with Crippen LogP contribution in [0.15, 0.2) is 54.7 Å². The van der Waals surface area contributed by atoms with Crippen LogP contribution in [-0.2, 0) is 11.3 Å². The summed E-state index contributed by atoms with van der Waals surface area (Å²) in [5.74, 6) is 2.15. The van der Waals surface area contributed by atoms with Crippen molar-refractivity contribution < 1.29 is 9.53 Å². The second kappa shape index (κ2) is 10.0. The summed E-state index contributed by atoms with van der Waals surface area (Å²) in [6.45, 7) is 2.70. The van der Waals surface area contributed by atoms with E-state index in [1.165, 1.54) is 54.1 Å². The quantitative estimate of drug-likeness (QED) is 0.424. The summed E-state index contributed by atoms with van der Waals surface area (Å²) in [5.41, 5.74) is 3.89. The molecule has 0 radical (unpaired) electrons. The van der Waals surface area contributed by atoms with Gasteiger partial charge in [-0.15, -0.1) is 0 Å². The molecule has 174 valence electrons. The standard InChI is InChI=1S/C29H36N2O2/c1-33-24-15-13-22(14-16-24)20-31-21-27(25-11-5-6-12-28(25)31)26(23-9-3-2-4-10-23)19-29(32)30-17-7-8-18-30/h5-6,11-16,21,23,26H,2-4,7-10,17-20H2,1H3. The average Bonchev–Trinajstić information content (AvgIpc) is 3.53. The molecule has 2 heterocycles. The van der Waals surface area contributed by atoms with Crippen LogP contribution in [0.25, 0.3) is 10.9 Å². The van der Waals surface area contributed by atoms with Gasteiger partial charge in [-0.05, 0) is 66.8 Å². The number of para-hydroxylation sites is 1. The van der Waals surface area contributed by atoms with E-state index in [0.717, 1.165) is 38.2 Å². The maximum Gasteiger partial charge on any atom is 0.223 e. The summed E-state index contributed by atoms with van der Waals surface area (Å²) < 4.78 is 7.71. The summed E-state index contributed by atoms with van der Waals surface area (Å²) >= 11 is 0. The fourth-order valence-electron chi connectivity index (χ4n) is 5.98. The van der Waals surface area contributed by atoms with Gasteiger partial charge in [0.15, 0.2) is 0 Å². The fraction of sp³-hybridized carbons (Fsp3) is 0.483. The van der Waals surface area contributed by atoms with Crippen molar-refractivity contribution in [3.8, 4) is 5.75 Å². The molecule has 4 nitrogen and oxygen atoms in total. The second-order valence-corrected chi connectivity index (χ2v) is 9.87. The molecule has 2 aliphatic rings. The lowest BCUT2D eigenvalue weighted by molar-refractivity contribution is -0.130. The number of hydrogen-bond donors (Lipinski definition) is 0. The van der Waals surface area contributed by atoms with Gasteiger partial charge in [-0.1, -0.05) is 49.6 Å². The highest BCUT2D eigenvalue weighted by atomic mass is 16.5. The molecule has 2 fully saturated rings. The molecule has 1 aliphatic carbocycles. The second-order valence-electron chi connectivity index (χ2n) is 9.87. The van der Waals surface area contributed by atoms with Gasteiger partial charge in [0.1, 0.15) is 5.75 Å². The number of nitrogens with zero attached hydrogens (tertiary/aromatic N) is 2. The van der Waals surface area contributed by atoms with E-state index in [1.807, 2.05) is 12.1 Å². The van der Waals surface area contributed by atoms with Crippen LogP contribution < -0.4 is 4.74 Å². The predicted molar refractivity (Wildman–Crippen MR) is 134 cm³/mol. The van der Waals surface area contributed by atoms with Gasteiger partial charge in [0.2, 0.25) is 5.91 Å². The summed E-state index contributed by atoms with van der Waals surface area (Å²) in [5, 5.41) is 1.32. The van der Waals surface area contributed by atoms with Crippen molar-refractivity contribution in [3.63, 3.8) is 0 Å². The topological polar surface area (TPSA) is 34.5 Å². The third kappa shape index (κ3) is 4.80. The van der Waals surface area contributed by atoms with Crippen molar-refractivity contribution in [2.24, 2.45) is 5.92 Å². The molecule has 0 spiro atoms. The van der Waals surface area contributed by atoms with Crippen molar-refractivity contribution in [3.05, 3.63) is 65.9 Å². The van der Waals surface area contributed by atoms with E-state index >= 15 is 0 Å². The van der Waals surface area contributed by atoms with Gasteiger partial charge >= 0.3 is 0 Å². The molecule has 5 rings (SSSR count). The van der Waals surface area contributed by atoms with Crippen LogP contribution in [0.1, 0.15) is 68.4 Å². The zero-order valence-corrected chi connectivity index (χ0v) is 19.8. The van der Waals surface area contributed by atoms with Gasteiger partial charge in [0, 0.05) is 43.2 Å². The molecule has 1 saturated heterocycles. The lowest BCUT2D eigenvalue weighted by Gasteiger charge is -2.31. The largest absolute Gasteiger partial charge is 0.497 e. The lowest BCUT2D eigenvalue weighted by atomic mass is 9.75. The van der Waals surface area contributed by atoms with E-state index in [2.05, 4.69) is 52.1 Å². The van der Waals surface area contributed by atoms with Crippen LogP contribution in [0.4, 0.5) is 0 Å². The molecule has 2 aromatic carbocycles. The Bertz CT molecular complexity index is 1070. The zero-order valence-electron chi connectivity index (χ0n) is 19.8. The van der Waals surface area contributed by atoms with E-state index in [0.29, 0.717) is 24.2 Å². The predicted octanol–water partition coefficient (Wildman–Crippen LogP) is 6.37. The van der Waals surface area contributed by atoms with E-state index in [4.69, 9.17) is 4.74 Å². The number of benzene rings is 2. The lowest BCUT2D eigenvalue weighted by Crippen LogP contribution is -2.31. The van der Waals surface area contributed by atoms with Crippen molar-refractivity contribution >= 4 is 16.8 Å². The van der Waals surface area contributed by atoms with E-state index in [-0.39, 0.29) is 0 Å². The van der Waals surface area contributed by atoms with Crippen LogP contribution in [0.3, 0.4) is 0 Å². The SMILES string of the molecule is COc1ccc(Cn2cc(C(CC(=O)N3CCCC3)C3CCCCC3)c3ccccc32)cc1. The highest BCUT2D eigenvalue weighted by Crippen LogP contribution is 2.42. The Labute approximate surface area is 197 Å².